The monoisotopic (exact) mass is 334 g/mol. The van der Waals surface area contributed by atoms with Crippen molar-refractivity contribution < 1.29 is 13.6 Å². The lowest BCUT2D eigenvalue weighted by atomic mass is 10.0. The largest absolute Gasteiger partial charge is 0.366 e. The summed E-state index contributed by atoms with van der Waals surface area (Å²) in [5.74, 6) is -1.76. The third-order valence-electron chi connectivity index (χ3n) is 4.38. The van der Waals surface area contributed by atoms with Crippen LogP contribution in [-0.2, 0) is 0 Å². The van der Waals surface area contributed by atoms with Crippen LogP contribution in [0, 0.1) is 24.5 Å². The van der Waals surface area contributed by atoms with Crippen LogP contribution in [0.25, 0.3) is 11.3 Å². The number of halogens is 2. The number of aromatic nitrogens is 1. The van der Waals surface area contributed by atoms with Crippen LogP contribution in [0.15, 0.2) is 24.3 Å². The second-order valence-corrected chi connectivity index (χ2v) is 6.71. The Morgan fingerprint density at radius 3 is 2.33 bits per heavy atom. The van der Waals surface area contributed by atoms with Gasteiger partial charge < -0.3 is 10.3 Å². The molecule has 1 heterocycles. The minimum atomic E-state index is -0.909. The topological polar surface area (TPSA) is 48.0 Å². The summed E-state index contributed by atoms with van der Waals surface area (Å²) in [6.45, 7) is 8.19. The molecule has 5 heteroatoms. The van der Waals surface area contributed by atoms with Crippen molar-refractivity contribution in [1.82, 2.24) is 4.57 Å². The van der Waals surface area contributed by atoms with Gasteiger partial charge in [-0.25, -0.2) is 8.78 Å². The zero-order valence-electron chi connectivity index (χ0n) is 14.6. The van der Waals surface area contributed by atoms with Crippen LogP contribution in [0.2, 0.25) is 0 Å². The number of hydrogen-bond donors (Lipinski definition) is 1. The van der Waals surface area contributed by atoms with Gasteiger partial charge in [-0.2, -0.15) is 0 Å². The molecule has 0 aliphatic rings. The second-order valence-electron chi connectivity index (χ2n) is 6.71. The Morgan fingerprint density at radius 1 is 1.12 bits per heavy atom. The predicted molar refractivity (Wildman–Crippen MR) is 91.8 cm³/mol. The van der Waals surface area contributed by atoms with Gasteiger partial charge in [0.05, 0.1) is 5.56 Å². The first-order chi connectivity index (χ1) is 11.2. The zero-order valence-corrected chi connectivity index (χ0v) is 14.6. The molecule has 0 bridgehead atoms. The van der Waals surface area contributed by atoms with Gasteiger partial charge in [-0.15, -0.1) is 0 Å². The molecule has 130 valence electrons. The van der Waals surface area contributed by atoms with Crippen molar-refractivity contribution in [3.63, 3.8) is 0 Å². The van der Waals surface area contributed by atoms with E-state index in [1.807, 2.05) is 11.5 Å². The summed E-state index contributed by atoms with van der Waals surface area (Å²) < 4.78 is 28.9. The van der Waals surface area contributed by atoms with Gasteiger partial charge in [0, 0.05) is 23.0 Å². The highest BCUT2D eigenvalue weighted by molar-refractivity contribution is 5.95. The fourth-order valence-corrected chi connectivity index (χ4v) is 3.02. The molecule has 0 aliphatic carbocycles. The Kier molecular flexibility index (Phi) is 5.42. The second kappa shape index (κ2) is 7.16. The predicted octanol–water partition coefficient (Wildman–Crippen LogP) is 4.84. The number of nitrogens with zero attached hydrogens (tertiary/aromatic N) is 1. The van der Waals surface area contributed by atoms with Gasteiger partial charge in [-0.05, 0) is 56.9 Å². The van der Waals surface area contributed by atoms with Gasteiger partial charge in [0.1, 0.15) is 0 Å². The Hall–Kier alpha value is -2.17. The highest BCUT2D eigenvalue weighted by Crippen LogP contribution is 2.32. The number of hydrogen-bond acceptors (Lipinski definition) is 1. The number of primary amides is 1. The molecule has 0 fully saturated rings. The maximum atomic E-state index is 13.6. The first-order valence-electron chi connectivity index (χ1n) is 8.19. The maximum absolute atomic E-state index is 13.6. The molecule has 2 rings (SSSR count). The summed E-state index contributed by atoms with van der Waals surface area (Å²) in [6.07, 6.45) is 1.95. The Labute approximate surface area is 141 Å². The average Bonchev–Trinajstić information content (AvgIpc) is 2.85. The van der Waals surface area contributed by atoms with Crippen molar-refractivity contribution in [2.75, 3.05) is 0 Å². The quantitative estimate of drug-likeness (QED) is 0.807. The third-order valence-corrected chi connectivity index (χ3v) is 4.38. The molecule has 1 unspecified atom stereocenters. The summed E-state index contributed by atoms with van der Waals surface area (Å²) in [5, 5.41) is 0. The molecule has 0 saturated heterocycles. The molecule has 1 aromatic carbocycles. The summed E-state index contributed by atoms with van der Waals surface area (Å²) in [7, 11) is 0. The van der Waals surface area contributed by atoms with Crippen molar-refractivity contribution >= 4 is 5.91 Å². The van der Waals surface area contributed by atoms with Crippen molar-refractivity contribution in [2.45, 2.75) is 46.6 Å². The zero-order chi connectivity index (χ0) is 18.0. The van der Waals surface area contributed by atoms with Gasteiger partial charge in [0.15, 0.2) is 11.6 Å². The van der Waals surface area contributed by atoms with E-state index >= 15 is 0 Å². The minimum absolute atomic E-state index is 0.114. The average molecular weight is 334 g/mol. The smallest absolute Gasteiger partial charge is 0.250 e. The van der Waals surface area contributed by atoms with Crippen LogP contribution in [0.1, 0.15) is 55.7 Å². The van der Waals surface area contributed by atoms with E-state index in [4.69, 9.17) is 5.73 Å². The number of nitrogens with two attached hydrogens (primary N) is 1. The maximum Gasteiger partial charge on any atom is 0.250 e. The van der Waals surface area contributed by atoms with Gasteiger partial charge in [-0.1, -0.05) is 13.8 Å². The molecule has 1 amide bonds. The molecule has 1 aromatic heterocycles. The molecule has 0 spiro atoms. The molecule has 0 radical (unpaired) electrons. The van der Waals surface area contributed by atoms with Gasteiger partial charge >= 0.3 is 0 Å². The highest BCUT2D eigenvalue weighted by atomic mass is 19.2. The minimum Gasteiger partial charge on any atom is -0.366 e. The molecule has 3 nitrogen and oxygen atoms in total. The lowest BCUT2D eigenvalue weighted by Crippen LogP contribution is -2.14. The molecular formula is C19H24F2N2O. The Bertz CT molecular complexity index is 750. The van der Waals surface area contributed by atoms with E-state index in [2.05, 4.69) is 20.8 Å². The number of amides is 1. The van der Waals surface area contributed by atoms with Crippen LogP contribution in [0.3, 0.4) is 0 Å². The van der Waals surface area contributed by atoms with Crippen molar-refractivity contribution in [2.24, 2.45) is 11.7 Å². The summed E-state index contributed by atoms with van der Waals surface area (Å²) >= 11 is 0. The first kappa shape index (κ1) is 18.2. The summed E-state index contributed by atoms with van der Waals surface area (Å²) in [6, 6.07) is 5.55. The van der Waals surface area contributed by atoms with E-state index in [0.29, 0.717) is 22.7 Å². The molecule has 0 aliphatic heterocycles. The van der Waals surface area contributed by atoms with E-state index < -0.39 is 17.5 Å². The number of carbonyl (C=O) groups is 1. The molecule has 2 N–H and O–H groups in total. The Morgan fingerprint density at radius 2 is 1.79 bits per heavy atom. The highest BCUT2D eigenvalue weighted by Gasteiger charge is 2.21. The van der Waals surface area contributed by atoms with Crippen molar-refractivity contribution in [3.8, 4) is 11.3 Å². The SMILES string of the molecule is Cc1c(C(N)=O)cc(-c2ccc(F)c(F)c2)n1C(C)CCC(C)C. The third kappa shape index (κ3) is 3.66. The van der Waals surface area contributed by atoms with Gasteiger partial charge in [-0.3, -0.25) is 4.79 Å². The Balaban J connectivity index is 2.54. The van der Waals surface area contributed by atoms with Crippen LogP contribution in [0.5, 0.6) is 0 Å². The van der Waals surface area contributed by atoms with E-state index in [9.17, 15) is 13.6 Å². The fourth-order valence-electron chi connectivity index (χ4n) is 3.02. The number of carbonyl (C=O) groups excluding carboxylic acids is 1. The number of rotatable bonds is 6. The number of benzene rings is 1. The van der Waals surface area contributed by atoms with E-state index in [1.54, 1.807) is 6.07 Å². The summed E-state index contributed by atoms with van der Waals surface area (Å²) in [5.41, 5.74) is 7.83. The van der Waals surface area contributed by atoms with Crippen molar-refractivity contribution in [3.05, 3.63) is 47.2 Å². The fraction of sp³-hybridized carbons (Fsp3) is 0.421. The van der Waals surface area contributed by atoms with Gasteiger partial charge in [0.25, 0.3) is 5.91 Å². The lowest BCUT2D eigenvalue weighted by molar-refractivity contribution is 0.0999. The van der Waals surface area contributed by atoms with Gasteiger partial charge in [0.2, 0.25) is 0 Å². The van der Waals surface area contributed by atoms with Crippen molar-refractivity contribution in [1.29, 1.82) is 0 Å². The van der Waals surface area contributed by atoms with Crippen LogP contribution in [0.4, 0.5) is 8.78 Å². The molecule has 24 heavy (non-hydrogen) atoms. The van der Waals surface area contributed by atoms with E-state index in [1.165, 1.54) is 6.07 Å². The van der Waals surface area contributed by atoms with Crippen LogP contribution >= 0.6 is 0 Å². The van der Waals surface area contributed by atoms with Crippen LogP contribution < -0.4 is 5.73 Å². The van der Waals surface area contributed by atoms with Crippen LogP contribution in [-0.4, -0.2) is 10.5 Å². The van der Waals surface area contributed by atoms with E-state index in [0.717, 1.165) is 30.7 Å². The summed E-state index contributed by atoms with van der Waals surface area (Å²) in [4.78, 5) is 11.7. The first-order valence-corrected chi connectivity index (χ1v) is 8.19. The molecule has 2 aromatic rings. The van der Waals surface area contributed by atoms with E-state index in [-0.39, 0.29) is 6.04 Å². The standard InChI is InChI=1S/C19H24F2N2O/c1-11(2)5-6-12(3)23-13(4)15(19(22)24)10-18(23)14-7-8-16(20)17(21)9-14/h7-12H,5-6H2,1-4H3,(H2,22,24). The molecule has 0 saturated carbocycles. The normalized spacial score (nSPS) is 12.6. The lowest BCUT2D eigenvalue weighted by Gasteiger charge is -2.21. The molecular weight excluding hydrogens is 310 g/mol. The molecule has 1 atom stereocenters.